The molecule has 2 unspecified atom stereocenters. The lowest BCUT2D eigenvalue weighted by Crippen LogP contribution is -2.24. The first-order valence-electron chi connectivity index (χ1n) is 6.77. The summed E-state index contributed by atoms with van der Waals surface area (Å²) in [6.45, 7) is 0. The third-order valence-electron chi connectivity index (χ3n) is 3.70. The fourth-order valence-electron chi connectivity index (χ4n) is 2.72. The molecule has 5 nitrogen and oxygen atoms in total. The summed E-state index contributed by atoms with van der Waals surface area (Å²) in [5.74, 6) is 0.867. The van der Waals surface area contributed by atoms with Crippen molar-refractivity contribution in [2.45, 2.75) is 22.9 Å². The number of H-pyrrole nitrogens is 1. The van der Waals surface area contributed by atoms with Crippen molar-refractivity contribution in [1.29, 1.82) is 0 Å². The number of nitrogens with zero attached hydrogens (tertiary/aromatic N) is 1. The highest BCUT2D eigenvalue weighted by Gasteiger charge is 2.33. The smallest absolute Gasteiger partial charge is 0.251 e. The molecule has 110 valence electrons. The molecule has 2 aromatic rings. The minimum Gasteiger partial charge on any atom is -0.497 e. The van der Waals surface area contributed by atoms with E-state index in [9.17, 15) is 4.79 Å². The quantitative estimate of drug-likeness (QED) is 0.843. The molecule has 0 bridgehead atoms. The molecule has 21 heavy (non-hydrogen) atoms. The number of ether oxygens (including phenoxy) is 1. The van der Waals surface area contributed by atoms with Crippen LogP contribution in [0.4, 0.5) is 0 Å². The predicted molar refractivity (Wildman–Crippen MR) is 83.0 cm³/mol. The number of hydrogen-bond donors (Lipinski definition) is 2. The van der Waals surface area contributed by atoms with E-state index in [1.54, 1.807) is 25.1 Å². The van der Waals surface area contributed by atoms with E-state index in [1.807, 2.05) is 13.1 Å². The Kier molecular flexibility index (Phi) is 3.98. The third kappa shape index (κ3) is 2.82. The van der Waals surface area contributed by atoms with Crippen molar-refractivity contribution in [3.8, 4) is 5.75 Å². The van der Waals surface area contributed by atoms with Crippen LogP contribution < -0.4 is 15.6 Å². The summed E-state index contributed by atoms with van der Waals surface area (Å²) < 4.78 is 5.31. The summed E-state index contributed by atoms with van der Waals surface area (Å²) in [5, 5.41) is 4.31. The Morgan fingerprint density at radius 3 is 3.00 bits per heavy atom. The number of hydrogen-bond acceptors (Lipinski definition) is 5. The van der Waals surface area contributed by atoms with Crippen LogP contribution in [0, 0.1) is 0 Å². The Morgan fingerprint density at radius 2 is 2.29 bits per heavy atom. The molecule has 2 N–H and O–H groups in total. The van der Waals surface area contributed by atoms with Crippen molar-refractivity contribution in [3.63, 3.8) is 0 Å². The zero-order chi connectivity index (χ0) is 14.8. The average molecular weight is 303 g/mol. The summed E-state index contributed by atoms with van der Waals surface area (Å²) in [5.41, 5.74) is 2.45. The number of rotatable bonds is 4. The van der Waals surface area contributed by atoms with E-state index >= 15 is 0 Å². The Balaban J connectivity index is 1.86. The van der Waals surface area contributed by atoms with Crippen LogP contribution in [-0.2, 0) is 6.42 Å². The number of aromatic nitrogens is 2. The lowest BCUT2D eigenvalue weighted by molar-refractivity contribution is 0.413. The maximum Gasteiger partial charge on any atom is 0.251 e. The van der Waals surface area contributed by atoms with E-state index in [0.717, 1.165) is 12.2 Å². The molecule has 0 amide bonds. The van der Waals surface area contributed by atoms with Gasteiger partial charge in [-0.2, -0.15) is 0 Å². The molecule has 1 heterocycles. The van der Waals surface area contributed by atoms with Crippen LogP contribution in [0.25, 0.3) is 0 Å². The Hall–Kier alpha value is -1.79. The van der Waals surface area contributed by atoms with E-state index in [4.69, 9.17) is 4.74 Å². The van der Waals surface area contributed by atoms with E-state index < -0.39 is 0 Å². The van der Waals surface area contributed by atoms with Gasteiger partial charge in [-0.15, -0.1) is 0 Å². The zero-order valence-corrected chi connectivity index (χ0v) is 12.7. The van der Waals surface area contributed by atoms with Crippen molar-refractivity contribution in [2.24, 2.45) is 0 Å². The second-order valence-corrected chi connectivity index (χ2v) is 6.16. The van der Waals surface area contributed by atoms with Crippen molar-refractivity contribution in [2.75, 3.05) is 14.2 Å². The third-order valence-corrected chi connectivity index (χ3v) is 4.88. The molecule has 0 fully saturated rings. The van der Waals surface area contributed by atoms with Gasteiger partial charge in [0.25, 0.3) is 5.56 Å². The molecule has 0 radical (unpaired) electrons. The second-order valence-electron chi connectivity index (χ2n) is 4.93. The number of methoxy groups -OCH3 is 1. The molecule has 6 heteroatoms. The molecule has 1 aliphatic carbocycles. The van der Waals surface area contributed by atoms with Gasteiger partial charge in [-0.05, 0) is 36.7 Å². The maximum atomic E-state index is 11.4. The monoisotopic (exact) mass is 303 g/mol. The Bertz CT molecular complexity index is 701. The molecule has 0 spiro atoms. The Labute approximate surface area is 127 Å². The molecule has 0 saturated carbocycles. The van der Waals surface area contributed by atoms with Gasteiger partial charge in [0, 0.05) is 23.6 Å². The molecule has 0 saturated heterocycles. The average Bonchev–Trinajstić information content (AvgIpc) is 2.83. The van der Waals surface area contributed by atoms with Gasteiger partial charge in [-0.25, -0.2) is 4.98 Å². The van der Waals surface area contributed by atoms with Crippen LogP contribution in [-0.4, -0.2) is 29.4 Å². The largest absolute Gasteiger partial charge is 0.497 e. The lowest BCUT2D eigenvalue weighted by Gasteiger charge is -2.19. The van der Waals surface area contributed by atoms with Crippen LogP contribution in [0.3, 0.4) is 0 Å². The van der Waals surface area contributed by atoms with Crippen molar-refractivity contribution in [3.05, 3.63) is 51.9 Å². The Morgan fingerprint density at radius 1 is 1.43 bits per heavy atom. The second kappa shape index (κ2) is 5.91. The number of benzene rings is 1. The van der Waals surface area contributed by atoms with Gasteiger partial charge in [0.15, 0.2) is 5.16 Å². The summed E-state index contributed by atoms with van der Waals surface area (Å²) >= 11 is 1.60. The topological polar surface area (TPSA) is 67.0 Å². The first kappa shape index (κ1) is 14.2. The number of aromatic amines is 1. The van der Waals surface area contributed by atoms with E-state index in [2.05, 4.69) is 27.4 Å². The number of thioether (sulfide) groups is 1. The van der Waals surface area contributed by atoms with Gasteiger partial charge in [0.1, 0.15) is 5.75 Å². The predicted octanol–water partition coefficient (Wildman–Crippen LogP) is 1.76. The van der Waals surface area contributed by atoms with Crippen LogP contribution in [0.5, 0.6) is 5.75 Å². The zero-order valence-electron chi connectivity index (χ0n) is 11.9. The van der Waals surface area contributed by atoms with Crippen LogP contribution in [0.1, 0.15) is 17.2 Å². The van der Waals surface area contributed by atoms with Crippen LogP contribution in [0.2, 0.25) is 0 Å². The normalized spacial score (nSPS) is 20.3. The fourth-order valence-corrected chi connectivity index (χ4v) is 3.97. The molecule has 3 rings (SSSR count). The molecular weight excluding hydrogens is 286 g/mol. The molecule has 1 aromatic heterocycles. The first-order valence-corrected chi connectivity index (χ1v) is 7.65. The highest BCUT2D eigenvalue weighted by molar-refractivity contribution is 7.99. The number of fused-ring (bicyclic) bond motifs is 1. The van der Waals surface area contributed by atoms with E-state index in [1.165, 1.54) is 17.2 Å². The van der Waals surface area contributed by atoms with Gasteiger partial charge >= 0.3 is 0 Å². The van der Waals surface area contributed by atoms with E-state index in [0.29, 0.717) is 10.4 Å². The van der Waals surface area contributed by atoms with Gasteiger partial charge < -0.3 is 15.0 Å². The van der Waals surface area contributed by atoms with Crippen molar-refractivity contribution < 1.29 is 4.74 Å². The lowest BCUT2D eigenvalue weighted by atomic mass is 10.1. The maximum absolute atomic E-state index is 11.4. The van der Waals surface area contributed by atoms with Gasteiger partial charge in [-0.1, -0.05) is 17.8 Å². The minimum atomic E-state index is -0.120. The molecule has 0 aliphatic heterocycles. The minimum absolute atomic E-state index is 0.120. The van der Waals surface area contributed by atoms with Crippen LogP contribution >= 0.6 is 11.8 Å². The van der Waals surface area contributed by atoms with Crippen LogP contribution in [0.15, 0.2) is 40.4 Å². The highest BCUT2D eigenvalue weighted by atomic mass is 32.2. The molecule has 1 aliphatic rings. The molecule has 1 aromatic carbocycles. The van der Waals surface area contributed by atoms with Gasteiger partial charge in [-0.3, -0.25) is 4.79 Å². The fraction of sp³-hybridized carbons (Fsp3) is 0.333. The SMILES string of the molecule is CNC1c2cc(OC)ccc2CC1Sc1nccc(=O)[nH]1. The standard InChI is InChI=1S/C15H17N3O2S/c1-16-14-11-8-10(20-2)4-3-9(11)7-12(14)21-15-17-6-5-13(19)18-15/h3-6,8,12,14,16H,7H2,1-2H3,(H,17,18,19). The summed E-state index contributed by atoms with van der Waals surface area (Å²) in [6.07, 6.45) is 2.48. The van der Waals surface area contributed by atoms with Gasteiger partial charge in [0.05, 0.1) is 7.11 Å². The van der Waals surface area contributed by atoms with Crippen molar-refractivity contribution in [1.82, 2.24) is 15.3 Å². The number of nitrogens with one attached hydrogen (secondary N) is 2. The highest BCUT2D eigenvalue weighted by Crippen LogP contribution is 2.41. The first-order chi connectivity index (χ1) is 10.2. The molecular formula is C15H17N3O2S. The summed E-state index contributed by atoms with van der Waals surface area (Å²) in [4.78, 5) is 18.4. The van der Waals surface area contributed by atoms with Crippen molar-refractivity contribution >= 4 is 11.8 Å². The van der Waals surface area contributed by atoms with Gasteiger partial charge in [0.2, 0.25) is 0 Å². The summed E-state index contributed by atoms with van der Waals surface area (Å²) in [6, 6.07) is 7.82. The van der Waals surface area contributed by atoms with E-state index in [-0.39, 0.29) is 11.6 Å². The summed E-state index contributed by atoms with van der Waals surface area (Å²) in [7, 11) is 3.63. The molecule has 2 atom stereocenters.